The van der Waals surface area contributed by atoms with Crippen LogP contribution in [0.5, 0.6) is 0 Å². The summed E-state index contributed by atoms with van der Waals surface area (Å²) in [6.45, 7) is 5.43. The van der Waals surface area contributed by atoms with Crippen LogP contribution in [0.15, 0.2) is 18.2 Å². The van der Waals surface area contributed by atoms with Crippen molar-refractivity contribution in [1.29, 1.82) is 0 Å². The number of piperidine rings is 1. The molecule has 0 radical (unpaired) electrons. The number of halogens is 1. The predicted molar refractivity (Wildman–Crippen MR) is 83.3 cm³/mol. The first-order valence-electron chi connectivity index (χ1n) is 8.08. The molecule has 126 valence electrons. The van der Waals surface area contributed by atoms with Gasteiger partial charge in [-0.25, -0.2) is 4.39 Å². The molecule has 2 fully saturated rings. The first-order chi connectivity index (χ1) is 11.1. The van der Waals surface area contributed by atoms with Crippen molar-refractivity contribution >= 4 is 5.91 Å². The summed E-state index contributed by atoms with van der Waals surface area (Å²) in [7, 11) is 0. The van der Waals surface area contributed by atoms with Crippen molar-refractivity contribution in [2.24, 2.45) is 0 Å². The summed E-state index contributed by atoms with van der Waals surface area (Å²) in [4.78, 5) is 14.2. The van der Waals surface area contributed by atoms with Gasteiger partial charge in [0.05, 0.1) is 19.8 Å². The highest BCUT2D eigenvalue weighted by molar-refractivity contribution is 5.78. The maximum absolute atomic E-state index is 13.2. The monoisotopic (exact) mass is 322 g/mol. The Hall–Kier alpha value is -1.50. The third-order valence-electron chi connectivity index (χ3n) is 4.51. The van der Waals surface area contributed by atoms with Crippen molar-refractivity contribution in [3.05, 3.63) is 35.1 Å². The Bertz CT molecular complexity index is 563. The Morgan fingerprint density at radius 2 is 2.00 bits per heavy atom. The van der Waals surface area contributed by atoms with E-state index in [1.807, 2.05) is 0 Å². The van der Waals surface area contributed by atoms with Gasteiger partial charge >= 0.3 is 0 Å². The Labute approximate surface area is 135 Å². The molecule has 23 heavy (non-hydrogen) atoms. The summed E-state index contributed by atoms with van der Waals surface area (Å²) in [5, 5.41) is 2.89. The van der Waals surface area contributed by atoms with Crippen molar-refractivity contribution in [3.63, 3.8) is 0 Å². The van der Waals surface area contributed by atoms with E-state index >= 15 is 0 Å². The Kier molecular flexibility index (Phi) is 4.94. The molecule has 5 nitrogen and oxygen atoms in total. The first-order valence-corrected chi connectivity index (χ1v) is 8.08. The number of benzene rings is 1. The molecule has 0 bridgehead atoms. The molecule has 1 N–H and O–H groups in total. The van der Waals surface area contributed by atoms with Gasteiger partial charge in [0.25, 0.3) is 0 Å². The molecule has 2 aliphatic heterocycles. The highest BCUT2D eigenvalue weighted by Gasteiger charge is 2.39. The molecule has 2 saturated heterocycles. The van der Waals surface area contributed by atoms with Crippen molar-refractivity contribution in [3.8, 4) is 0 Å². The fourth-order valence-electron chi connectivity index (χ4n) is 3.11. The SMILES string of the molecule is Cc1cc(CNC(=O)CN2CCC3(CC2)OCCO3)ccc1F. The van der Waals surface area contributed by atoms with Crippen LogP contribution in [0, 0.1) is 12.7 Å². The third kappa shape index (κ3) is 4.07. The van der Waals surface area contributed by atoms with Gasteiger partial charge in [0.15, 0.2) is 5.79 Å². The maximum Gasteiger partial charge on any atom is 0.234 e. The molecule has 6 heteroatoms. The fraction of sp³-hybridized carbons (Fsp3) is 0.588. The number of nitrogens with zero attached hydrogens (tertiary/aromatic N) is 1. The summed E-state index contributed by atoms with van der Waals surface area (Å²) >= 11 is 0. The van der Waals surface area contributed by atoms with Crippen molar-refractivity contribution in [2.45, 2.75) is 32.1 Å². The van der Waals surface area contributed by atoms with E-state index in [9.17, 15) is 9.18 Å². The smallest absolute Gasteiger partial charge is 0.234 e. The second-order valence-corrected chi connectivity index (χ2v) is 6.24. The highest BCUT2D eigenvalue weighted by Crippen LogP contribution is 2.30. The fourth-order valence-corrected chi connectivity index (χ4v) is 3.11. The van der Waals surface area contributed by atoms with E-state index in [-0.39, 0.29) is 11.7 Å². The Balaban J connectivity index is 1.42. The molecule has 1 aromatic carbocycles. The van der Waals surface area contributed by atoms with Crippen LogP contribution in [-0.2, 0) is 20.8 Å². The number of nitrogens with one attached hydrogen (secondary N) is 1. The average Bonchev–Trinajstić information content (AvgIpc) is 2.99. The van der Waals surface area contributed by atoms with E-state index in [4.69, 9.17) is 9.47 Å². The second-order valence-electron chi connectivity index (χ2n) is 6.24. The van der Waals surface area contributed by atoms with Gasteiger partial charge in [-0.3, -0.25) is 9.69 Å². The first kappa shape index (κ1) is 16.4. The van der Waals surface area contributed by atoms with Gasteiger partial charge in [-0.15, -0.1) is 0 Å². The number of amides is 1. The van der Waals surface area contributed by atoms with Gasteiger partial charge in [-0.1, -0.05) is 12.1 Å². The molecular weight excluding hydrogens is 299 g/mol. The van der Waals surface area contributed by atoms with Crippen LogP contribution in [0.25, 0.3) is 0 Å². The predicted octanol–water partition coefficient (Wildman–Crippen LogP) is 1.59. The lowest BCUT2D eigenvalue weighted by atomic mass is 10.0. The third-order valence-corrected chi connectivity index (χ3v) is 4.51. The molecule has 0 atom stereocenters. The number of carbonyl (C=O) groups excluding carboxylic acids is 1. The Morgan fingerprint density at radius 1 is 1.30 bits per heavy atom. The van der Waals surface area contributed by atoms with E-state index in [0.717, 1.165) is 31.5 Å². The van der Waals surface area contributed by atoms with Gasteiger partial charge in [-0.05, 0) is 24.1 Å². The van der Waals surface area contributed by atoms with Crippen LogP contribution in [-0.4, -0.2) is 49.4 Å². The molecule has 2 aliphatic rings. The average molecular weight is 322 g/mol. The number of hydrogen-bond donors (Lipinski definition) is 1. The molecule has 3 rings (SSSR count). The van der Waals surface area contributed by atoms with Crippen LogP contribution in [0.1, 0.15) is 24.0 Å². The van der Waals surface area contributed by atoms with Crippen LogP contribution >= 0.6 is 0 Å². The maximum atomic E-state index is 13.2. The molecule has 1 spiro atoms. The minimum Gasteiger partial charge on any atom is -0.351 e. The molecule has 0 aliphatic carbocycles. The zero-order valence-corrected chi connectivity index (χ0v) is 13.4. The van der Waals surface area contributed by atoms with Crippen molar-refractivity contribution in [1.82, 2.24) is 10.2 Å². The second kappa shape index (κ2) is 6.95. The van der Waals surface area contributed by atoms with E-state index in [2.05, 4.69) is 10.2 Å². The zero-order valence-electron chi connectivity index (χ0n) is 13.4. The van der Waals surface area contributed by atoms with Gasteiger partial charge in [0.1, 0.15) is 5.82 Å². The van der Waals surface area contributed by atoms with E-state index in [0.29, 0.717) is 31.9 Å². The van der Waals surface area contributed by atoms with Crippen molar-refractivity contribution < 1.29 is 18.7 Å². The van der Waals surface area contributed by atoms with Gasteiger partial charge < -0.3 is 14.8 Å². The summed E-state index contributed by atoms with van der Waals surface area (Å²) < 4.78 is 24.6. The van der Waals surface area contributed by atoms with Crippen LogP contribution in [0.4, 0.5) is 4.39 Å². The molecule has 0 aromatic heterocycles. The van der Waals surface area contributed by atoms with Crippen LogP contribution in [0.2, 0.25) is 0 Å². The number of ether oxygens (including phenoxy) is 2. The standard InChI is InChI=1S/C17H23FN2O3/c1-13-10-14(2-3-15(13)18)11-19-16(21)12-20-6-4-17(5-7-20)22-8-9-23-17/h2-3,10H,4-9,11-12H2,1H3,(H,19,21). The summed E-state index contributed by atoms with van der Waals surface area (Å²) in [6.07, 6.45) is 1.61. The molecule has 1 amide bonds. The summed E-state index contributed by atoms with van der Waals surface area (Å²) in [5.74, 6) is -0.645. The minimum absolute atomic E-state index is 0.0174. The number of carbonyl (C=O) groups is 1. The van der Waals surface area contributed by atoms with E-state index in [1.165, 1.54) is 6.07 Å². The number of rotatable bonds is 4. The number of aryl methyl sites for hydroxylation is 1. The van der Waals surface area contributed by atoms with Gasteiger partial charge in [0, 0.05) is 32.5 Å². The van der Waals surface area contributed by atoms with Crippen molar-refractivity contribution in [2.75, 3.05) is 32.8 Å². The molecule has 0 saturated carbocycles. The lowest BCUT2D eigenvalue weighted by Crippen LogP contribution is -2.48. The highest BCUT2D eigenvalue weighted by atomic mass is 19.1. The minimum atomic E-state index is -0.404. The molecular formula is C17H23FN2O3. The molecule has 0 unspecified atom stereocenters. The molecule has 1 aromatic rings. The van der Waals surface area contributed by atoms with Gasteiger partial charge in [-0.2, -0.15) is 0 Å². The van der Waals surface area contributed by atoms with Crippen LogP contribution < -0.4 is 5.32 Å². The van der Waals surface area contributed by atoms with E-state index in [1.54, 1.807) is 19.1 Å². The topological polar surface area (TPSA) is 50.8 Å². The normalized spacial score (nSPS) is 20.8. The summed E-state index contributed by atoms with van der Waals surface area (Å²) in [6, 6.07) is 4.89. The largest absolute Gasteiger partial charge is 0.351 e. The van der Waals surface area contributed by atoms with Crippen LogP contribution in [0.3, 0.4) is 0 Å². The number of likely N-dealkylation sites (tertiary alicyclic amines) is 1. The number of hydrogen-bond acceptors (Lipinski definition) is 4. The lowest BCUT2D eigenvalue weighted by molar-refractivity contribution is -0.185. The van der Waals surface area contributed by atoms with E-state index < -0.39 is 5.79 Å². The molecule has 2 heterocycles. The lowest BCUT2D eigenvalue weighted by Gasteiger charge is -2.37. The quantitative estimate of drug-likeness (QED) is 0.915. The zero-order chi connectivity index (χ0) is 16.3. The Morgan fingerprint density at radius 3 is 2.65 bits per heavy atom. The summed E-state index contributed by atoms with van der Waals surface area (Å²) in [5.41, 5.74) is 1.50. The van der Waals surface area contributed by atoms with Gasteiger partial charge in [0.2, 0.25) is 5.91 Å².